The molecule has 23 heavy (non-hydrogen) atoms. The van der Waals surface area contributed by atoms with Gasteiger partial charge in [-0.1, -0.05) is 6.92 Å². The van der Waals surface area contributed by atoms with Gasteiger partial charge in [-0.15, -0.1) is 0 Å². The van der Waals surface area contributed by atoms with Crippen LogP contribution in [0.1, 0.15) is 39.0 Å². The number of amides is 2. The number of carbonyl (C=O) groups is 2. The van der Waals surface area contributed by atoms with Crippen molar-refractivity contribution in [2.45, 2.75) is 51.1 Å². The molecule has 130 valence electrons. The van der Waals surface area contributed by atoms with Crippen molar-refractivity contribution in [3.05, 3.63) is 0 Å². The summed E-state index contributed by atoms with van der Waals surface area (Å²) >= 11 is 0. The molecule has 6 heteroatoms. The molecule has 0 aliphatic carbocycles. The second-order valence-electron chi connectivity index (χ2n) is 7.29. The lowest BCUT2D eigenvalue weighted by molar-refractivity contribution is -0.136. The first-order valence-corrected chi connectivity index (χ1v) is 9.14. The highest BCUT2D eigenvalue weighted by Gasteiger charge is 2.38. The molecule has 3 saturated heterocycles. The summed E-state index contributed by atoms with van der Waals surface area (Å²) in [5.74, 6) is 0.167. The summed E-state index contributed by atoms with van der Waals surface area (Å²) in [6.45, 7) is 7.25. The second-order valence-corrected chi connectivity index (χ2v) is 7.29. The molecule has 2 unspecified atom stereocenters. The van der Waals surface area contributed by atoms with Crippen molar-refractivity contribution in [2.24, 2.45) is 11.7 Å². The van der Waals surface area contributed by atoms with Crippen LogP contribution in [-0.2, 0) is 9.59 Å². The van der Waals surface area contributed by atoms with Crippen LogP contribution in [0.5, 0.6) is 0 Å². The first-order chi connectivity index (χ1) is 11.1. The Kier molecular flexibility index (Phi) is 5.21. The Morgan fingerprint density at radius 3 is 2.65 bits per heavy atom. The number of likely N-dealkylation sites (tertiary alicyclic amines) is 3. The Morgan fingerprint density at radius 1 is 1.22 bits per heavy atom. The third-order valence-electron chi connectivity index (χ3n) is 5.75. The molecule has 0 aromatic heterocycles. The molecule has 0 aromatic rings. The molecule has 3 aliphatic rings. The molecule has 3 aliphatic heterocycles. The minimum Gasteiger partial charge on any atom is -0.342 e. The Labute approximate surface area is 139 Å². The molecule has 0 spiro atoms. The van der Waals surface area contributed by atoms with Crippen LogP contribution < -0.4 is 5.73 Å². The van der Waals surface area contributed by atoms with Crippen LogP contribution in [-0.4, -0.2) is 77.9 Å². The van der Waals surface area contributed by atoms with Gasteiger partial charge in [0.15, 0.2) is 0 Å². The van der Waals surface area contributed by atoms with Gasteiger partial charge in [-0.3, -0.25) is 14.5 Å². The normalized spacial score (nSPS) is 30.4. The predicted molar refractivity (Wildman–Crippen MR) is 88.7 cm³/mol. The number of carbonyl (C=O) groups excluding carboxylic acids is 2. The lowest BCUT2D eigenvalue weighted by atomic mass is 10.0. The molecule has 6 nitrogen and oxygen atoms in total. The van der Waals surface area contributed by atoms with Crippen molar-refractivity contribution in [3.8, 4) is 0 Å². The van der Waals surface area contributed by atoms with Gasteiger partial charge in [0.2, 0.25) is 11.8 Å². The highest BCUT2D eigenvalue weighted by atomic mass is 16.2. The van der Waals surface area contributed by atoms with Crippen molar-refractivity contribution < 1.29 is 9.59 Å². The zero-order valence-electron chi connectivity index (χ0n) is 14.2. The van der Waals surface area contributed by atoms with E-state index in [2.05, 4.69) is 11.8 Å². The maximum atomic E-state index is 12.7. The Balaban J connectivity index is 1.53. The average Bonchev–Trinajstić information content (AvgIpc) is 3.14. The van der Waals surface area contributed by atoms with E-state index in [1.807, 2.05) is 9.80 Å². The van der Waals surface area contributed by atoms with Gasteiger partial charge in [-0.05, 0) is 38.8 Å². The van der Waals surface area contributed by atoms with Gasteiger partial charge in [-0.25, -0.2) is 0 Å². The molecule has 3 fully saturated rings. The molecule has 0 bridgehead atoms. The standard InChI is InChI=1S/C17H30N4O2/c1-2-19-7-3-4-15(19)12-21-11-13(10-16(21)22)17(23)20-8-5-14(18)6-9-20/h13-15H,2-12,18H2,1H3. The minimum absolute atomic E-state index is 0.145. The van der Waals surface area contributed by atoms with E-state index in [1.54, 1.807) is 0 Å². The lowest BCUT2D eigenvalue weighted by Crippen LogP contribution is -2.46. The zero-order chi connectivity index (χ0) is 16.4. The highest BCUT2D eigenvalue weighted by Crippen LogP contribution is 2.25. The average molecular weight is 322 g/mol. The molecule has 3 rings (SSSR count). The van der Waals surface area contributed by atoms with Crippen molar-refractivity contribution in [2.75, 3.05) is 39.3 Å². The van der Waals surface area contributed by atoms with Crippen molar-refractivity contribution in [1.82, 2.24) is 14.7 Å². The fraction of sp³-hybridized carbons (Fsp3) is 0.882. The largest absolute Gasteiger partial charge is 0.342 e. The SMILES string of the molecule is CCN1CCCC1CN1CC(C(=O)N2CCC(N)CC2)CC1=O. The van der Waals surface area contributed by atoms with E-state index in [1.165, 1.54) is 12.8 Å². The first-order valence-electron chi connectivity index (χ1n) is 9.14. The lowest BCUT2D eigenvalue weighted by Gasteiger charge is -2.32. The molecule has 2 atom stereocenters. The third-order valence-corrected chi connectivity index (χ3v) is 5.75. The van der Waals surface area contributed by atoms with Crippen molar-refractivity contribution >= 4 is 11.8 Å². The Bertz CT molecular complexity index is 448. The molecule has 0 saturated carbocycles. The molecule has 2 N–H and O–H groups in total. The summed E-state index contributed by atoms with van der Waals surface area (Å²) in [7, 11) is 0. The second kappa shape index (κ2) is 7.18. The molecule has 0 radical (unpaired) electrons. The summed E-state index contributed by atoms with van der Waals surface area (Å²) in [5.41, 5.74) is 5.91. The maximum Gasteiger partial charge on any atom is 0.227 e. The third kappa shape index (κ3) is 3.69. The monoisotopic (exact) mass is 322 g/mol. The minimum atomic E-state index is -0.145. The van der Waals surface area contributed by atoms with Gasteiger partial charge in [0, 0.05) is 44.7 Å². The number of hydrogen-bond acceptors (Lipinski definition) is 4. The molecular weight excluding hydrogens is 292 g/mol. The van der Waals surface area contributed by atoms with E-state index in [-0.39, 0.29) is 23.8 Å². The number of likely N-dealkylation sites (N-methyl/N-ethyl adjacent to an activating group) is 1. The number of hydrogen-bond donors (Lipinski definition) is 1. The van der Waals surface area contributed by atoms with Gasteiger partial charge in [0.25, 0.3) is 0 Å². The summed E-state index contributed by atoms with van der Waals surface area (Å²) in [6, 6.07) is 0.703. The summed E-state index contributed by atoms with van der Waals surface area (Å²) in [5, 5.41) is 0. The van der Waals surface area contributed by atoms with Crippen molar-refractivity contribution in [3.63, 3.8) is 0 Å². The van der Waals surface area contributed by atoms with Gasteiger partial charge in [-0.2, -0.15) is 0 Å². The van der Waals surface area contributed by atoms with E-state index in [9.17, 15) is 9.59 Å². The number of nitrogens with zero attached hydrogens (tertiary/aromatic N) is 3. The van der Waals surface area contributed by atoms with E-state index < -0.39 is 0 Å². The predicted octanol–water partition coefficient (Wildman–Crippen LogP) is 0.269. The fourth-order valence-corrected chi connectivity index (χ4v) is 4.26. The summed E-state index contributed by atoms with van der Waals surface area (Å²) in [6.07, 6.45) is 4.53. The van der Waals surface area contributed by atoms with Crippen LogP contribution >= 0.6 is 0 Å². The smallest absolute Gasteiger partial charge is 0.227 e. The molecule has 2 amide bonds. The van der Waals surface area contributed by atoms with Crippen LogP contribution in [0.3, 0.4) is 0 Å². The van der Waals surface area contributed by atoms with Crippen LogP contribution in [0.25, 0.3) is 0 Å². The van der Waals surface area contributed by atoms with Gasteiger partial charge >= 0.3 is 0 Å². The molecular formula is C17H30N4O2. The van der Waals surface area contributed by atoms with E-state index in [0.29, 0.717) is 19.0 Å². The number of nitrogens with two attached hydrogens (primary N) is 1. The first kappa shape index (κ1) is 16.7. The van der Waals surface area contributed by atoms with Crippen LogP contribution in [0.2, 0.25) is 0 Å². The van der Waals surface area contributed by atoms with Gasteiger partial charge in [0.05, 0.1) is 5.92 Å². The van der Waals surface area contributed by atoms with Crippen LogP contribution in [0.4, 0.5) is 0 Å². The van der Waals surface area contributed by atoms with Crippen LogP contribution in [0.15, 0.2) is 0 Å². The zero-order valence-corrected chi connectivity index (χ0v) is 14.2. The summed E-state index contributed by atoms with van der Waals surface area (Å²) < 4.78 is 0. The molecule has 0 aromatic carbocycles. The number of rotatable bonds is 4. The topological polar surface area (TPSA) is 69.9 Å². The Morgan fingerprint density at radius 2 is 1.96 bits per heavy atom. The maximum absolute atomic E-state index is 12.7. The van der Waals surface area contributed by atoms with Crippen LogP contribution in [0, 0.1) is 5.92 Å². The number of piperidine rings is 1. The van der Waals surface area contributed by atoms with E-state index >= 15 is 0 Å². The van der Waals surface area contributed by atoms with Gasteiger partial charge < -0.3 is 15.5 Å². The Hall–Kier alpha value is -1.14. The van der Waals surface area contributed by atoms with E-state index in [4.69, 9.17) is 5.73 Å². The van der Waals surface area contributed by atoms with Crippen molar-refractivity contribution in [1.29, 1.82) is 0 Å². The summed E-state index contributed by atoms with van der Waals surface area (Å²) in [4.78, 5) is 31.3. The quantitative estimate of drug-likeness (QED) is 0.806. The van der Waals surface area contributed by atoms with E-state index in [0.717, 1.165) is 45.6 Å². The molecule has 3 heterocycles. The highest BCUT2D eigenvalue weighted by molar-refractivity contribution is 5.89. The fourth-order valence-electron chi connectivity index (χ4n) is 4.26. The van der Waals surface area contributed by atoms with Gasteiger partial charge in [0.1, 0.15) is 0 Å².